The van der Waals surface area contributed by atoms with Crippen LogP contribution in [0.2, 0.25) is 11.5 Å². The van der Waals surface area contributed by atoms with Crippen LogP contribution in [0, 0.1) is 17.6 Å². The van der Waals surface area contributed by atoms with Crippen molar-refractivity contribution in [1.29, 1.82) is 0 Å². The molecule has 0 aliphatic heterocycles. The molecule has 0 N–H and O–H groups in total. The van der Waals surface area contributed by atoms with Gasteiger partial charge in [0, 0.05) is 0 Å². The molecule has 0 saturated heterocycles. The minimum Gasteiger partial charge on any atom is -1.00 e. The fourth-order valence-corrected chi connectivity index (χ4v) is 1.26. The first-order chi connectivity index (χ1) is 8.02. The first-order valence-corrected chi connectivity index (χ1v) is 11.1. The number of rotatable bonds is 0. The summed E-state index contributed by atoms with van der Waals surface area (Å²) in [5.41, 5.74) is 1.65. The first-order valence-electron chi connectivity index (χ1n) is 6.26. The van der Waals surface area contributed by atoms with Crippen molar-refractivity contribution in [2.24, 2.45) is 5.41 Å². The fraction of sp³-hybridized carbons (Fsp3) is 0.500. The van der Waals surface area contributed by atoms with Crippen LogP contribution in [0.4, 0.5) is 0 Å². The Morgan fingerprint density at radius 3 is 1.75 bits per heavy atom. The predicted molar refractivity (Wildman–Crippen MR) is 80.4 cm³/mol. The Morgan fingerprint density at radius 1 is 1.05 bits per heavy atom. The Kier molecular flexibility index (Phi) is 26.2. The molecule has 0 atom stereocenters. The zero-order valence-corrected chi connectivity index (χ0v) is 19.5. The fourth-order valence-electron chi connectivity index (χ4n) is 1.26. The van der Waals surface area contributed by atoms with E-state index in [1.807, 2.05) is 12.2 Å². The molecule has 0 aromatic heterocycles. The van der Waals surface area contributed by atoms with Gasteiger partial charge in [0.2, 0.25) is 0 Å². The van der Waals surface area contributed by atoms with E-state index in [1.54, 1.807) is 0 Å². The molecule has 0 fully saturated rings. The third-order valence-corrected chi connectivity index (χ3v) is 2.09. The first kappa shape index (κ1) is 29.0. The summed E-state index contributed by atoms with van der Waals surface area (Å²) in [5.74, 6) is 4.56. The minimum atomic E-state index is 0. The monoisotopic (exact) mass is 451 g/mol. The van der Waals surface area contributed by atoms with Gasteiger partial charge in [0.1, 0.15) is 0 Å². The van der Waals surface area contributed by atoms with Crippen LogP contribution in [0.1, 0.15) is 33.6 Å². The third kappa shape index (κ3) is 17.0. The second-order valence-corrected chi connectivity index (χ2v) is 7.45. The topological polar surface area (TPSA) is 0 Å². The molecule has 2 aliphatic rings. The largest absolute Gasteiger partial charge is 4.00 e. The average Bonchev–Trinajstić information content (AvgIpc) is 2.95. The second kappa shape index (κ2) is 18.0. The summed E-state index contributed by atoms with van der Waals surface area (Å²) in [6.45, 7) is 6.64. The van der Waals surface area contributed by atoms with E-state index < -0.39 is 0 Å². The Bertz CT molecular complexity index is 303. The third-order valence-electron chi connectivity index (χ3n) is 2.09. The summed E-state index contributed by atoms with van der Waals surface area (Å²) in [5, 5.41) is 0. The smallest absolute Gasteiger partial charge is 1.00 e. The standard InChI is InChI=1S/C9H13.C5H5.C2H7Ge.2ClH.Zr/c1-9(2,3)8-6-4-5-7-8;1-2-4-5-3-1;1-3-2;;;/h4,6H,5H2,1-3H3;1-3H,4H2;3H,1-2H3;2*1H;/q2*-1;;;;+4/p-2. The SMILES string of the molecule is CC(C)(C)C1=[C-]CC=C1.[C-]1=CC=CC1.[CH3][GeH][CH3].[Cl-].[Cl-].[Zr+4]. The van der Waals surface area contributed by atoms with Gasteiger partial charge in [0.05, 0.1) is 0 Å². The van der Waals surface area contributed by atoms with Crippen LogP contribution in [-0.2, 0) is 26.2 Å². The molecule has 0 bridgehead atoms. The molecular formula is C16H25Cl2GeZr. The van der Waals surface area contributed by atoms with Crippen molar-refractivity contribution in [2.45, 2.75) is 45.1 Å². The molecule has 4 heteroatoms. The molecule has 2 rings (SSSR count). The molecule has 0 spiro atoms. The summed E-state index contributed by atoms with van der Waals surface area (Å²) in [6, 6.07) is 0. The maximum absolute atomic E-state index is 3.30. The van der Waals surface area contributed by atoms with Gasteiger partial charge < -0.3 is 24.8 Å². The van der Waals surface area contributed by atoms with Crippen LogP contribution in [0.5, 0.6) is 0 Å². The van der Waals surface area contributed by atoms with Crippen molar-refractivity contribution in [2.75, 3.05) is 0 Å². The molecule has 0 aromatic carbocycles. The number of allylic oxidation sites excluding steroid dienone is 8. The Balaban J connectivity index is -0.000000102. The van der Waals surface area contributed by atoms with Gasteiger partial charge >= 0.3 is 53.1 Å². The van der Waals surface area contributed by atoms with Crippen molar-refractivity contribution < 1.29 is 51.0 Å². The molecule has 0 amide bonds. The summed E-state index contributed by atoms with van der Waals surface area (Å²) in [6.07, 6.45) is 18.6. The van der Waals surface area contributed by atoms with E-state index in [-0.39, 0.29) is 51.0 Å². The van der Waals surface area contributed by atoms with Gasteiger partial charge in [-0.2, -0.15) is 12.2 Å². The maximum Gasteiger partial charge on any atom is 4.00 e. The van der Waals surface area contributed by atoms with Gasteiger partial charge in [0.25, 0.3) is 0 Å². The Labute approximate surface area is 164 Å². The second-order valence-electron chi connectivity index (χ2n) is 5.03. The number of hydrogen-bond donors (Lipinski definition) is 0. The summed E-state index contributed by atoms with van der Waals surface area (Å²) < 4.78 is 0. The predicted octanol–water partition coefficient (Wildman–Crippen LogP) is -1.45. The van der Waals surface area contributed by atoms with Crippen molar-refractivity contribution in [3.63, 3.8) is 0 Å². The van der Waals surface area contributed by atoms with Crippen molar-refractivity contribution >= 4 is 15.4 Å². The normalized spacial score (nSPS) is 13.6. The molecule has 0 saturated carbocycles. The maximum atomic E-state index is 3.30. The molecule has 0 aromatic rings. The van der Waals surface area contributed by atoms with E-state index in [0.717, 1.165) is 12.8 Å². The number of hydrogen-bond acceptors (Lipinski definition) is 0. The van der Waals surface area contributed by atoms with Gasteiger partial charge in [-0.1, -0.05) is 20.8 Å². The van der Waals surface area contributed by atoms with Crippen LogP contribution < -0.4 is 24.8 Å². The van der Waals surface area contributed by atoms with Crippen LogP contribution in [0.3, 0.4) is 0 Å². The zero-order chi connectivity index (χ0) is 13.1. The quantitative estimate of drug-likeness (QED) is 0.312. The average molecular weight is 452 g/mol. The van der Waals surface area contributed by atoms with Gasteiger partial charge in [0.15, 0.2) is 0 Å². The Morgan fingerprint density at radius 2 is 1.60 bits per heavy atom. The molecule has 0 unspecified atom stereocenters. The van der Waals surface area contributed by atoms with Gasteiger partial charge in [-0.05, 0) is 5.41 Å². The van der Waals surface area contributed by atoms with Gasteiger partial charge in [-0.3, -0.25) is 12.2 Å². The molecule has 1 radical (unpaired) electrons. The molecule has 111 valence electrons. The molecular weight excluding hydrogens is 427 g/mol. The molecule has 20 heavy (non-hydrogen) atoms. The summed E-state index contributed by atoms with van der Waals surface area (Å²) in [7, 11) is 0. The van der Waals surface area contributed by atoms with Crippen molar-refractivity contribution in [3.05, 3.63) is 48.1 Å². The molecule has 2 aliphatic carbocycles. The van der Waals surface area contributed by atoms with Gasteiger partial charge in [-0.15, -0.1) is 12.8 Å². The van der Waals surface area contributed by atoms with Crippen molar-refractivity contribution in [1.82, 2.24) is 0 Å². The summed E-state index contributed by atoms with van der Waals surface area (Å²) in [4.78, 5) is 0. The summed E-state index contributed by atoms with van der Waals surface area (Å²) >= 11 is 0.312. The van der Waals surface area contributed by atoms with E-state index >= 15 is 0 Å². The van der Waals surface area contributed by atoms with Crippen LogP contribution in [0.25, 0.3) is 0 Å². The molecule has 0 nitrogen and oxygen atoms in total. The van der Waals surface area contributed by atoms with Crippen LogP contribution >= 0.6 is 0 Å². The van der Waals surface area contributed by atoms with Crippen LogP contribution in [-0.4, -0.2) is 15.4 Å². The van der Waals surface area contributed by atoms with E-state index in [2.05, 4.69) is 62.7 Å². The Hall–Kier alpha value is 0.966. The van der Waals surface area contributed by atoms with Crippen LogP contribution in [0.15, 0.2) is 36.0 Å². The van der Waals surface area contributed by atoms with Gasteiger partial charge in [-0.25, -0.2) is 23.8 Å². The molecule has 0 heterocycles. The minimum absolute atomic E-state index is 0. The van der Waals surface area contributed by atoms with Crippen molar-refractivity contribution in [3.8, 4) is 0 Å². The van der Waals surface area contributed by atoms with E-state index in [9.17, 15) is 0 Å². The van der Waals surface area contributed by atoms with E-state index in [1.165, 1.54) is 5.57 Å². The number of halogens is 2. The zero-order valence-electron chi connectivity index (χ0n) is 13.1. The van der Waals surface area contributed by atoms with E-state index in [4.69, 9.17) is 0 Å². The van der Waals surface area contributed by atoms with E-state index in [0.29, 0.717) is 20.8 Å².